The number of ether oxygens (including phenoxy) is 1. The summed E-state index contributed by atoms with van der Waals surface area (Å²) in [5, 5.41) is 7.04. The van der Waals surface area contributed by atoms with Gasteiger partial charge < -0.3 is 9.64 Å². The molecule has 1 saturated heterocycles. The van der Waals surface area contributed by atoms with E-state index < -0.39 is 0 Å². The summed E-state index contributed by atoms with van der Waals surface area (Å²) in [5.74, 6) is 0.257. The van der Waals surface area contributed by atoms with Crippen molar-refractivity contribution in [3.63, 3.8) is 0 Å². The highest BCUT2D eigenvalue weighted by molar-refractivity contribution is 8.00. The number of carbonyl (C=O) groups excluding carboxylic acids is 1. The van der Waals surface area contributed by atoms with Gasteiger partial charge in [0, 0.05) is 37.6 Å². The van der Waals surface area contributed by atoms with Crippen LogP contribution in [0.4, 0.5) is 4.39 Å². The standard InChI is InChI=1S/C26H24FN3O2S/c1-32-14-4-13-29-24(31)17-33-26(29)23-16-30(28-25(23)19-7-10-21(27)11-8-19)22-12-9-18-5-2-3-6-20(18)15-22/h2-3,5-12,15-16,26H,4,13-14,17H2,1H3. The average Bonchev–Trinajstić information content (AvgIpc) is 3.43. The van der Waals surface area contributed by atoms with E-state index in [1.165, 1.54) is 12.1 Å². The molecule has 0 bridgehead atoms. The number of aromatic nitrogens is 2. The Morgan fingerprint density at radius 2 is 1.88 bits per heavy atom. The topological polar surface area (TPSA) is 47.4 Å². The average molecular weight is 462 g/mol. The SMILES string of the molecule is COCCCN1C(=O)CSC1c1cn(-c2ccc3ccccc3c2)nc1-c1ccc(F)cc1. The predicted molar refractivity (Wildman–Crippen MR) is 130 cm³/mol. The number of rotatable bonds is 7. The molecule has 5 rings (SSSR count). The van der Waals surface area contributed by atoms with Gasteiger partial charge in [-0.05, 0) is 53.6 Å². The van der Waals surface area contributed by atoms with Crippen LogP contribution in [0.5, 0.6) is 0 Å². The quantitative estimate of drug-likeness (QED) is 0.344. The number of halogens is 1. The van der Waals surface area contributed by atoms with E-state index in [1.54, 1.807) is 31.0 Å². The second-order valence-electron chi connectivity index (χ2n) is 8.01. The van der Waals surface area contributed by atoms with Crippen LogP contribution >= 0.6 is 11.8 Å². The minimum Gasteiger partial charge on any atom is -0.385 e. The van der Waals surface area contributed by atoms with Crippen LogP contribution in [-0.2, 0) is 9.53 Å². The van der Waals surface area contributed by atoms with Gasteiger partial charge in [0.1, 0.15) is 11.2 Å². The van der Waals surface area contributed by atoms with Crippen LogP contribution in [0, 0.1) is 5.82 Å². The van der Waals surface area contributed by atoms with Crippen molar-refractivity contribution >= 4 is 28.4 Å². The monoisotopic (exact) mass is 461 g/mol. The highest BCUT2D eigenvalue weighted by atomic mass is 32.2. The molecule has 7 heteroatoms. The lowest BCUT2D eigenvalue weighted by atomic mass is 10.1. The summed E-state index contributed by atoms with van der Waals surface area (Å²) in [6.45, 7) is 1.22. The normalized spacial score (nSPS) is 16.1. The van der Waals surface area contributed by atoms with E-state index in [-0.39, 0.29) is 17.1 Å². The number of nitrogens with zero attached hydrogens (tertiary/aromatic N) is 3. The molecular formula is C26H24FN3O2S. The van der Waals surface area contributed by atoms with E-state index >= 15 is 0 Å². The van der Waals surface area contributed by atoms with Gasteiger partial charge in [-0.3, -0.25) is 4.79 Å². The Bertz CT molecular complexity index is 1290. The number of methoxy groups -OCH3 is 1. The molecule has 168 valence electrons. The van der Waals surface area contributed by atoms with Gasteiger partial charge in [0.2, 0.25) is 5.91 Å². The van der Waals surface area contributed by atoms with Gasteiger partial charge >= 0.3 is 0 Å². The smallest absolute Gasteiger partial charge is 0.233 e. The summed E-state index contributed by atoms with van der Waals surface area (Å²) >= 11 is 1.60. The fraction of sp³-hybridized carbons (Fsp3) is 0.231. The van der Waals surface area contributed by atoms with Crippen LogP contribution in [0.25, 0.3) is 27.7 Å². The number of thioether (sulfide) groups is 1. The van der Waals surface area contributed by atoms with E-state index in [1.807, 2.05) is 34.0 Å². The molecule has 4 aromatic rings. The van der Waals surface area contributed by atoms with Gasteiger partial charge in [-0.15, -0.1) is 11.8 Å². The van der Waals surface area contributed by atoms with E-state index in [4.69, 9.17) is 9.84 Å². The molecule has 1 aliphatic rings. The second kappa shape index (κ2) is 9.37. The number of carbonyl (C=O) groups is 1. The zero-order valence-electron chi connectivity index (χ0n) is 18.3. The van der Waals surface area contributed by atoms with E-state index in [2.05, 4.69) is 24.3 Å². The third kappa shape index (κ3) is 4.38. The largest absolute Gasteiger partial charge is 0.385 e. The Morgan fingerprint density at radius 1 is 1.09 bits per heavy atom. The fourth-order valence-corrected chi connectivity index (χ4v) is 5.41. The zero-order chi connectivity index (χ0) is 22.8. The first-order chi connectivity index (χ1) is 16.1. The van der Waals surface area contributed by atoms with Gasteiger partial charge in [-0.1, -0.05) is 30.3 Å². The first kappa shape index (κ1) is 21.7. The number of hydrogen-bond donors (Lipinski definition) is 0. The van der Waals surface area contributed by atoms with Gasteiger partial charge in [-0.25, -0.2) is 9.07 Å². The number of hydrogen-bond acceptors (Lipinski definition) is 4. The van der Waals surface area contributed by atoms with Crippen molar-refractivity contribution in [2.24, 2.45) is 0 Å². The molecule has 1 fully saturated rings. The minimum atomic E-state index is -0.291. The molecule has 0 spiro atoms. The summed E-state index contributed by atoms with van der Waals surface area (Å²) in [5.41, 5.74) is 3.46. The van der Waals surface area contributed by atoms with Crippen LogP contribution in [0.3, 0.4) is 0 Å². The first-order valence-electron chi connectivity index (χ1n) is 10.9. The zero-order valence-corrected chi connectivity index (χ0v) is 19.1. The molecule has 0 radical (unpaired) electrons. The van der Waals surface area contributed by atoms with Crippen LogP contribution in [0.15, 0.2) is 72.9 Å². The van der Waals surface area contributed by atoms with Gasteiger partial charge in [-0.2, -0.15) is 5.10 Å². The molecule has 1 amide bonds. The van der Waals surface area contributed by atoms with Crippen molar-refractivity contribution in [1.29, 1.82) is 0 Å². The van der Waals surface area contributed by atoms with Crippen LogP contribution in [0.2, 0.25) is 0 Å². The van der Waals surface area contributed by atoms with Crippen molar-refractivity contribution in [2.75, 3.05) is 26.0 Å². The second-order valence-corrected chi connectivity index (χ2v) is 9.08. The summed E-state index contributed by atoms with van der Waals surface area (Å²) < 4.78 is 20.7. The van der Waals surface area contributed by atoms with Gasteiger partial charge in [0.25, 0.3) is 0 Å². The van der Waals surface area contributed by atoms with Crippen LogP contribution in [0.1, 0.15) is 17.4 Å². The molecule has 33 heavy (non-hydrogen) atoms. The Balaban J connectivity index is 1.58. The van der Waals surface area contributed by atoms with Crippen molar-refractivity contribution in [3.05, 3.63) is 84.3 Å². The highest BCUT2D eigenvalue weighted by Crippen LogP contribution is 2.42. The molecule has 0 N–H and O–H groups in total. The lowest BCUT2D eigenvalue weighted by Crippen LogP contribution is -2.30. The molecule has 1 aromatic heterocycles. The molecule has 0 aliphatic carbocycles. The van der Waals surface area contributed by atoms with Crippen molar-refractivity contribution in [1.82, 2.24) is 14.7 Å². The van der Waals surface area contributed by atoms with Crippen LogP contribution < -0.4 is 0 Å². The summed E-state index contributed by atoms with van der Waals surface area (Å²) in [6.07, 6.45) is 2.77. The molecule has 3 aromatic carbocycles. The Hall–Kier alpha value is -3.16. The predicted octanol–water partition coefficient (Wildman–Crippen LogP) is 5.44. The Labute approximate surface area is 196 Å². The fourth-order valence-electron chi connectivity index (χ4n) is 4.18. The third-order valence-corrected chi connectivity index (χ3v) is 7.08. The lowest BCUT2D eigenvalue weighted by Gasteiger charge is -2.23. The Morgan fingerprint density at radius 3 is 2.67 bits per heavy atom. The molecule has 2 heterocycles. The maximum absolute atomic E-state index is 13.6. The van der Waals surface area contributed by atoms with Crippen molar-refractivity contribution in [2.45, 2.75) is 11.8 Å². The minimum absolute atomic E-state index is 0.115. The van der Waals surface area contributed by atoms with Gasteiger partial charge in [0.05, 0.1) is 17.1 Å². The highest BCUT2D eigenvalue weighted by Gasteiger charge is 2.35. The molecular weight excluding hydrogens is 437 g/mol. The summed E-state index contributed by atoms with van der Waals surface area (Å²) in [4.78, 5) is 14.6. The number of fused-ring (bicyclic) bond motifs is 1. The van der Waals surface area contributed by atoms with E-state index in [0.29, 0.717) is 18.9 Å². The van der Waals surface area contributed by atoms with Crippen molar-refractivity contribution in [3.8, 4) is 16.9 Å². The summed E-state index contributed by atoms with van der Waals surface area (Å²) in [7, 11) is 1.66. The Kier molecular flexibility index (Phi) is 6.15. The molecule has 5 nitrogen and oxygen atoms in total. The molecule has 1 aliphatic heterocycles. The number of amides is 1. The van der Waals surface area contributed by atoms with E-state index in [0.717, 1.165) is 39.7 Å². The third-order valence-electron chi connectivity index (χ3n) is 5.84. The maximum atomic E-state index is 13.6. The molecule has 1 unspecified atom stereocenters. The first-order valence-corrected chi connectivity index (χ1v) is 11.9. The molecule has 0 saturated carbocycles. The summed E-state index contributed by atoms with van der Waals surface area (Å²) in [6, 6.07) is 20.8. The van der Waals surface area contributed by atoms with E-state index in [9.17, 15) is 9.18 Å². The number of benzene rings is 3. The molecule has 1 atom stereocenters. The maximum Gasteiger partial charge on any atom is 0.233 e. The van der Waals surface area contributed by atoms with Gasteiger partial charge in [0.15, 0.2) is 0 Å². The van der Waals surface area contributed by atoms with Crippen LogP contribution in [-0.4, -0.2) is 46.6 Å². The lowest BCUT2D eigenvalue weighted by molar-refractivity contribution is -0.128. The van der Waals surface area contributed by atoms with Crippen molar-refractivity contribution < 1.29 is 13.9 Å².